The molecule has 1 aromatic rings. The molecule has 0 aliphatic heterocycles. The molecular formula is C12H16N2O4. The normalized spacial score (nSPS) is 10.2. The summed E-state index contributed by atoms with van der Waals surface area (Å²) in [6.45, 7) is 5.11. The molecule has 6 heteroatoms. The monoisotopic (exact) mass is 252 g/mol. The van der Waals surface area contributed by atoms with Crippen molar-refractivity contribution in [2.24, 2.45) is 0 Å². The van der Waals surface area contributed by atoms with E-state index in [1.807, 2.05) is 0 Å². The number of carbonyl (C=O) groups is 2. The summed E-state index contributed by atoms with van der Waals surface area (Å²) in [7, 11) is 0. The summed E-state index contributed by atoms with van der Waals surface area (Å²) in [5.41, 5.74) is 0.719. The first-order valence-electron chi connectivity index (χ1n) is 5.53. The van der Waals surface area contributed by atoms with Crippen molar-refractivity contribution in [3.63, 3.8) is 0 Å². The molecule has 1 amide bonds. The van der Waals surface area contributed by atoms with Gasteiger partial charge >= 0.3 is 5.97 Å². The number of rotatable bonds is 4. The molecule has 1 aromatic heterocycles. The minimum Gasteiger partial charge on any atom is -0.478 e. The number of aromatic nitrogens is 1. The zero-order valence-electron chi connectivity index (χ0n) is 10.6. The first kappa shape index (κ1) is 14.0. The summed E-state index contributed by atoms with van der Waals surface area (Å²) in [5.74, 6) is -1.25. The van der Waals surface area contributed by atoms with E-state index in [0.717, 1.165) is 0 Å². The third-order valence-corrected chi connectivity index (χ3v) is 2.69. The lowest BCUT2D eigenvalue weighted by molar-refractivity contribution is -0.118. The van der Waals surface area contributed by atoms with Crippen molar-refractivity contribution < 1.29 is 14.7 Å². The van der Waals surface area contributed by atoms with E-state index in [-0.39, 0.29) is 30.1 Å². The van der Waals surface area contributed by atoms with Crippen LogP contribution in [0.1, 0.15) is 28.5 Å². The molecule has 0 unspecified atom stereocenters. The van der Waals surface area contributed by atoms with E-state index in [9.17, 15) is 14.4 Å². The molecule has 0 fully saturated rings. The molecule has 0 saturated carbocycles. The topological polar surface area (TPSA) is 88.4 Å². The molecule has 98 valence electrons. The Bertz CT molecular complexity index is 546. The molecule has 6 nitrogen and oxygen atoms in total. The number of nitrogens with one attached hydrogen (secondary N) is 1. The van der Waals surface area contributed by atoms with E-state index in [0.29, 0.717) is 11.3 Å². The minimum absolute atomic E-state index is 0.137. The van der Waals surface area contributed by atoms with E-state index in [1.54, 1.807) is 13.8 Å². The number of aromatic carboxylic acids is 1. The van der Waals surface area contributed by atoms with Crippen LogP contribution in [0.2, 0.25) is 0 Å². The highest BCUT2D eigenvalue weighted by Gasteiger charge is 2.15. The fourth-order valence-corrected chi connectivity index (χ4v) is 1.87. The molecule has 0 aliphatic carbocycles. The second kappa shape index (κ2) is 5.48. The quantitative estimate of drug-likeness (QED) is 0.806. The van der Waals surface area contributed by atoms with Gasteiger partial charge in [-0.3, -0.25) is 9.59 Å². The van der Waals surface area contributed by atoms with Gasteiger partial charge in [-0.05, 0) is 19.4 Å². The predicted molar refractivity (Wildman–Crippen MR) is 65.8 cm³/mol. The first-order chi connectivity index (χ1) is 8.34. The second-order valence-electron chi connectivity index (χ2n) is 4.07. The summed E-state index contributed by atoms with van der Waals surface area (Å²) in [6, 6.07) is 1.30. The number of nitrogens with zero attached hydrogens (tertiary/aromatic N) is 1. The molecule has 1 heterocycles. The van der Waals surface area contributed by atoms with Crippen LogP contribution in [-0.2, 0) is 11.3 Å². The summed E-state index contributed by atoms with van der Waals surface area (Å²) in [5, 5.41) is 11.7. The van der Waals surface area contributed by atoms with E-state index < -0.39 is 5.97 Å². The number of carboxylic acids is 1. The van der Waals surface area contributed by atoms with Gasteiger partial charge < -0.3 is 15.0 Å². The Morgan fingerprint density at radius 1 is 1.39 bits per heavy atom. The van der Waals surface area contributed by atoms with Crippen molar-refractivity contribution in [1.29, 1.82) is 0 Å². The molecule has 0 spiro atoms. The van der Waals surface area contributed by atoms with Crippen molar-refractivity contribution in [2.45, 2.75) is 27.3 Å². The maximum atomic E-state index is 11.8. The van der Waals surface area contributed by atoms with Gasteiger partial charge in [0.15, 0.2) is 0 Å². The van der Waals surface area contributed by atoms with Gasteiger partial charge in [0.05, 0.1) is 5.56 Å². The summed E-state index contributed by atoms with van der Waals surface area (Å²) in [6.07, 6.45) is 0. The average molecular weight is 252 g/mol. The predicted octanol–water partition coefficient (Wildman–Crippen LogP) is 0.299. The Hall–Kier alpha value is -2.11. The van der Waals surface area contributed by atoms with E-state index in [2.05, 4.69) is 5.32 Å². The van der Waals surface area contributed by atoms with Crippen molar-refractivity contribution in [1.82, 2.24) is 9.88 Å². The van der Waals surface area contributed by atoms with Crippen molar-refractivity contribution in [3.8, 4) is 0 Å². The minimum atomic E-state index is -1.06. The molecule has 0 radical (unpaired) electrons. The number of amides is 1. The van der Waals surface area contributed by atoms with Crippen LogP contribution in [0.15, 0.2) is 10.9 Å². The van der Waals surface area contributed by atoms with Crippen molar-refractivity contribution in [3.05, 3.63) is 33.2 Å². The van der Waals surface area contributed by atoms with E-state index in [4.69, 9.17) is 5.11 Å². The number of hydrogen-bond donors (Lipinski definition) is 2. The average Bonchev–Trinajstić information content (AvgIpc) is 2.21. The highest BCUT2D eigenvalue weighted by Crippen LogP contribution is 2.10. The van der Waals surface area contributed by atoms with Crippen LogP contribution in [0.3, 0.4) is 0 Å². The Morgan fingerprint density at radius 3 is 2.50 bits per heavy atom. The standard InChI is InChI=1S/C12H16N2O4/c1-7-6-10(16)14(5-4-13-9(3)15)8(2)11(7)12(17)18/h6H,4-5H2,1-3H3,(H,13,15)(H,17,18). The number of aryl methyl sites for hydroxylation is 1. The van der Waals surface area contributed by atoms with Crippen LogP contribution < -0.4 is 10.9 Å². The fourth-order valence-electron chi connectivity index (χ4n) is 1.87. The third kappa shape index (κ3) is 2.97. The van der Waals surface area contributed by atoms with Crippen molar-refractivity contribution >= 4 is 11.9 Å². The lowest BCUT2D eigenvalue weighted by atomic mass is 10.1. The van der Waals surface area contributed by atoms with Gasteiger partial charge in [-0.1, -0.05) is 0 Å². The number of pyridine rings is 1. The van der Waals surface area contributed by atoms with Gasteiger partial charge in [0.25, 0.3) is 5.56 Å². The fraction of sp³-hybridized carbons (Fsp3) is 0.417. The zero-order valence-corrected chi connectivity index (χ0v) is 10.6. The number of carbonyl (C=O) groups excluding carboxylic acids is 1. The van der Waals surface area contributed by atoms with Crippen LogP contribution in [0.4, 0.5) is 0 Å². The molecule has 1 rings (SSSR count). The van der Waals surface area contributed by atoms with Crippen LogP contribution in [0.5, 0.6) is 0 Å². The highest BCUT2D eigenvalue weighted by atomic mass is 16.4. The Balaban J connectivity index is 3.12. The maximum Gasteiger partial charge on any atom is 0.337 e. The lowest BCUT2D eigenvalue weighted by Gasteiger charge is -2.14. The first-order valence-corrected chi connectivity index (χ1v) is 5.53. The molecule has 18 heavy (non-hydrogen) atoms. The summed E-state index contributed by atoms with van der Waals surface area (Å²) in [4.78, 5) is 33.6. The number of carboxylic acid groups (broad SMARTS) is 1. The van der Waals surface area contributed by atoms with E-state index in [1.165, 1.54) is 17.6 Å². The van der Waals surface area contributed by atoms with Gasteiger partial charge in [0.2, 0.25) is 5.91 Å². The Morgan fingerprint density at radius 2 is 2.00 bits per heavy atom. The maximum absolute atomic E-state index is 11.8. The van der Waals surface area contributed by atoms with Crippen LogP contribution in [0, 0.1) is 13.8 Å². The Labute approximate surface area is 104 Å². The third-order valence-electron chi connectivity index (χ3n) is 2.69. The van der Waals surface area contributed by atoms with Gasteiger partial charge in [0, 0.05) is 31.8 Å². The lowest BCUT2D eigenvalue weighted by Crippen LogP contribution is -2.31. The molecule has 2 N–H and O–H groups in total. The zero-order chi connectivity index (χ0) is 13.9. The Kier molecular flexibility index (Phi) is 4.25. The highest BCUT2D eigenvalue weighted by molar-refractivity contribution is 5.90. The number of hydrogen-bond acceptors (Lipinski definition) is 3. The van der Waals surface area contributed by atoms with Crippen LogP contribution in [0.25, 0.3) is 0 Å². The molecule has 0 aromatic carbocycles. The molecular weight excluding hydrogens is 236 g/mol. The van der Waals surface area contributed by atoms with Crippen LogP contribution in [-0.4, -0.2) is 28.1 Å². The van der Waals surface area contributed by atoms with Gasteiger partial charge in [-0.15, -0.1) is 0 Å². The summed E-state index contributed by atoms with van der Waals surface area (Å²) < 4.78 is 1.35. The molecule has 0 atom stereocenters. The SMILES string of the molecule is CC(=O)NCCn1c(C)c(C(=O)O)c(C)cc1=O. The van der Waals surface area contributed by atoms with Gasteiger partial charge in [-0.2, -0.15) is 0 Å². The van der Waals surface area contributed by atoms with E-state index >= 15 is 0 Å². The summed E-state index contributed by atoms with van der Waals surface area (Å²) >= 11 is 0. The molecule has 0 saturated heterocycles. The van der Waals surface area contributed by atoms with Crippen molar-refractivity contribution in [2.75, 3.05) is 6.54 Å². The smallest absolute Gasteiger partial charge is 0.337 e. The largest absolute Gasteiger partial charge is 0.478 e. The van der Waals surface area contributed by atoms with Gasteiger partial charge in [0.1, 0.15) is 0 Å². The van der Waals surface area contributed by atoms with Gasteiger partial charge in [-0.25, -0.2) is 4.79 Å². The van der Waals surface area contributed by atoms with Crippen LogP contribution >= 0.6 is 0 Å². The second-order valence-corrected chi connectivity index (χ2v) is 4.07. The molecule has 0 bridgehead atoms. The molecule has 0 aliphatic rings.